The first-order valence-corrected chi connectivity index (χ1v) is 22.6. The Kier molecular flexibility index (Phi) is 14.6. The van der Waals surface area contributed by atoms with Crippen molar-refractivity contribution >= 4 is 21.4 Å². The number of benzene rings is 7. The first-order chi connectivity index (χ1) is 31.6. The summed E-state index contributed by atoms with van der Waals surface area (Å²) in [5.41, 5.74) is 6.19. The second-order valence-electron chi connectivity index (χ2n) is 16.1. The Morgan fingerprint density at radius 2 is 0.969 bits per heavy atom. The van der Waals surface area contributed by atoms with Gasteiger partial charge in [-0.1, -0.05) is 170 Å². The highest BCUT2D eigenvalue weighted by Gasteiger charge is 2.50. The second kappa shape index (κ2) is 21.6. The van der Waals surface area contributed by atoms with Crippen molar-refractivity contribution in [2.45, 2.75) is 70.0 Å². The van der Waals surface area contributed by atoms with Crippen molar-refractivity contribution in [3.05, 3.63) is 244 Å². The first-order valence-electron chi connectivity index (χ1n) is 21.8. The van der Waals surface area contributed by atoms with Crippen LogP contribution in [0.1, 0.15) is 49.9 Å². The van der Waals surface area contributed by atoms with Crippen molar-refractivity contribution in [3.63, 3.8) is 0 Å². The monoisotopic (exact) mass is 870 g/mol. The third kappa shape index (κ3) is 11.2. The lowest BCUT2D eigenvalue weighted by molar-refractivity contribution is -0.275. The summed E-state index contributed by atoms with van der Waals surface area (Å²) in [6, 6.07) is 64.0. The molecule has 1 aliphatic heterocycles. The van der Waals surface area contributed by atoms with Gasteiger partial charge in [-0.25, -0.2) is 4.39 Å². The van der Waals surface area contributed by atoms with Crippen LogP contribution in [-0.4, -0.2) is 31.0 Å². The van der Waals surface area contributed by atoms with Crippen LogP contribution in [0, 0.1) is 5.82 Å². The van der Waals surface area contributed by atoms with Gasteiger partial charge in [-0.3, -0.25) is 0 Å². The van der Waals surface area contributed by atoms with Gasteiger partial charge in [0.1, 0.15) is 48.7 Å². The minimum Gasteiger partial charge on any atom is -0.488 e. The minimum absolute atomic E-state index is 0.192. The molecule has 1 fully saturated rings. The van der Waals surface area contributed by atoms with E-state index in [0.29, 0.717) is 43.1 Å². The molecule has 9 rings (SSSR count). The van der Waals surface area contributed by atoms with Crippen molar-refractivity contribution in [3.8, 4) is 5.75 Å². The molecule has 6 nitrogen and oxygen atoms in total. The Hall–Kier alpha value is -5.97. The first kappa shape index (κ1) is 43.3. The number of thiophene rings is 1. The number of halogens is 1. The summed E-state index contributed by atoms with van der Waals surface area (Å²) in [7, 11) is 0. The smallest absolute Gasteiger partial charge is 0.130 e. The largest absolute Gasteiger partial charge is 0.488 e. The van der Waals surface area contributed by atoms with Gasteiger partial charge >= 0.3 is 0 Å². The molecule has 64 heavy (non-hydrogen) atoms. The summed E-state index contributed by atoms with van der Waals surface area (Å²) in [5, 5.41) is 1.13. The maximum atomic E-state index is 16.6. The molecule has 0 radical (unpaired) electrons. The summed E-state index contributed by atoms with van der Waals surface area (Å²) in [5.74, 6) is 0.0136. The SMILES string of the molecule is Fc1cc(OCc2ccccc2)c(C2O[C@H](COCc3ccccc3)[C@@H](OCc3ccccc3)[C@H](OCc3ccccc3)[C@H]2OCc2ccccc2)cc1Cc1cc2ccccc2s1. The van der Waals surface area contributed by atoms with Gasteiger partial charge in [-0.2, -0.15) is 0 Å². The van der Waals surface area contributed by atoms with Gasteiger partial charge in [0, 0.05) is 27.6 Å². The minimum atomic E-state index is -0.793. The Morgan fingerprint density at radius 3 is 1.53 bits per heavy atom. The number of ether oxygens (including phenoxy) is 6. The molecule has 1 saturated heterocycles. The van der Waals surface area contributed by atoms with Gasteiger partial charge in [0.15, 0.2) is 0 Å². The molecule has 8 aromatic rings. The molecule has 0 aliphatic carbocycles. The van der Waals surface area contributed by atoms with E-state index in [1.165, 1.54) is 6.07 Å². The van der Waals surface area contributed by atoms with Crippen molar-refractivity contribution < 1.29 is 32.8 Å². The van der Waals surface area contributed by atoms with Crippen molar-refractivity contribution in [1.29, 1.82) is 0 Å². The number of hydrogen-bond donors (Lipinski definition) is 0. The summed E-state index contributed by atoms with van der Waals surface area (Å²) in [6.45, 7) is 1.68. The molecule has 0 amide bonds. The van der Waals surface area contributed by atoms with Gasteiger partial charge < -0.3 is 28.4 Å². The Balaban J connectivity index is 1.15. The molecule has 0 N–H and O–H groups in total. The number of fused-ring (bicyclic) bond motifs is 1. The van der Waals surface area contributed by atoms with Crippen LogP contribution in [0.25, 0.3) is 10.1 Å². The molecule has 0 spiro atoms. The van der Waals surface area contributed by atoms with Crippen LogP contribution in [0.2, 0.25) is 0 Å². The van der Waals surface area contributed by atoms with E-state index in [4.69, 9.17) is 28.4 Å². The fourth-order valence-corrected chi connectivity index (χ4v) is 9.28. The summed E-state index contributed by atoms with van der Waals surface area (Å²) in [4.78, 5) is 1.05. The zero-order chi connectivity index (χ0) is 43.3. The fraction of sp³-hybridized carbons (Fsp3) is 0.214. The van der Waals surface area contributed by atoms with Crippen LogP contribution >= 0.6 is 11.3 Å². The molecule has 0 bridgehead atoms. The molecular weight excluding hydrogens is 820 g/mol. The third-order valence-electron chi connectivity index (χ3n) is 11.4. The van der Waals surface area contributed by atoms with E-state index < -0.39 is 30.5 Å². The molecule has 7 aromatic carbocycles. The van der Waals surface area contributed by atoms with Crippen molar-refractivity contribution in [2.75, 3.05) is 6.61 Å². The average Bonchev–Trinajstić information content (AvgIpc) is 3.76. The molecular formula is C56H51FO6S. The van der Waals surface area contributed by atoms with Crippen LogP contribution in [0.4, 0.5) is 4.39 Å². The standard InChI is InChI=1S/C56H51FO6S/c57-49-33-50(59-35-41-20-8-2-9-21-41)48(32-46(49)31-47-30-45-28-16-17-29-52(45)64-47)53-55(61-37-43-24-12-4-13-25-43)56(62-38-44-26-14-5-15-27-44)54(60-36-42-22-10-3-11-23-42)51(63-53)39-58-34-40-18-6-1-7-19-40/h1-30,32-33,51,53-56H,31,34-39H2/t51-,53?,54-,55+,56+/m1/s1. The second-order valence-corrected chi connectivity index (χ2v) is 17.2. The van der Waals surface area contributed by atoms with E-state index in [9.17, 15) is 0 Å². The molecule has 2 heterocycles. The van der Waals surface area contributed by atoms with Gasteiger partial charge in [-0.15, -0.1) is 11.3 Å². The van der Waals surface area contributed by atoms with E-state index in [1.807, 2.05) is 170 Å². The maximum Gasteiger partial charge on any atom is 0.130 e. The highest BCUT2D eigenvalue weighted by Crippen LogP contribution is 2.43. The molecule has 1 aliphatic rings. The molecule has 8 heteroatoms. The maximum absolute atomic E-state index is 16.6. The lowest BCUT2D eigenvalue weighted by atomic mass is 9.88. The molecule has 0 saturated carbocycles. The zero-order valence-electron chi connectivity index (χ0n) is 35.5. The van der Waals surface area contributed by atoms with E-state index in [-0.39, 0.29) is 25.6 Å². The highest BCUT2D eigenvalue weighted by atomic mass is 32.1. The Labute approximate surface area is 378 Å². The molecule has 1 aromatic heterocycles. The van der Waals surface area contributed by atoms with Crippen LogP contribution in [0.15, 0.2) is 194 Å². The Bertz CT molecular complexity index is 2610. The van der Waals surface area contributed by atoms with Crippen LogP contribution < -0.4 is 4.74 Å². The predicted molar refractivity (Wildman–Crippen MR) is 251 cm³/mol. The lowest BCUT2D eigenvalue weighted by Crippen LogP contribution is -2.58. The lowest BCUT2D eigenvalue weighted by Gasteiger charge is -2.46. The molecule has 5 atom stereocenters. The third-order valence-corrected chi connectivity index (χ3v) is 12.6. The highest BCUT2D eigenvalue weighted by molar-refractivity contribution is 7.19. The van der Waals surface area contributed by atoms with Gasteiger partial charge in [0.25, 0.3) is 0 Å². The number of hydrogen-bond acceptors (Lipinski definition) is 7. The normalized spacial score (nSPS) is 18.5. The fourth-order valence-electron chi connectivity index (χ4n) is 8.19. The van der Waals surface area contributed by atoms with Crippen LogP contribution in [0.5, 0.6) is 5.75 Å². The van der Waals surface area contributed by atoms with Crippen LogP contribution in [0.3, 0.4) is 0 Å². The van der Waals surface area contributed by atoms with Crippen molar-refractivity contribution in [2.24, 2.45) is 0 Å². The summed E-state index contributed by atoms with van der Waals surface area (Å²) < 4.78 is 59.3. The van der Waals surface area contributed by atoms with Gasteiger partial charge in [0.05, 0.1) is 33.0 Å². The van der Waals surface area contributed by atoms with E-state index >= 15 is 4.39 Å². The topological polar surface area (TPSA) is 55.4 Å². The average molecular weight is 871 g/mol. The Morgan fingerprint density at radius 1 is 0.484 bits per heavy atom. The number of rotatable bonds is 19. The van der Waals surface area contributed by atoms with Crippen LogP contribution in [-0.2, 0) is 63.1 Å². The van der Waals surface area contributed by atoms with E-state index in [2.05, 4.69) is 18.2 Å². The van der Waals surface area contributed by atoms with Crippen molar-refractivity contribution in [1.82, 2.24) is 0 Å². The van der Waals surface area contributed by atoms with Gasteiger partial charge in [-0.05, 0) is 57.0 Å². The zero-order valence-corrected chi connectivity index (χ0v) is 36.4. The quantitative estimate of drug-likeness (QED) is 0.0807. The van der Waals surface area contributed by atoms with Gasteiger partial charge in [0.2, 0.25) is 0 Å². The predicted octanol–water partition coefficient (Wildman–Crippen LogP) is 12.6. The van der Waals surface area contributed by atoms with E-state index in [1.54, 1.807) is 11.3 Å². The summed E-state index contributed by atoms with van der Waals surface area (Å²) >= 11 is 1.67. The van der Waals surface area contributed by atoms with E-state index in [0.717, 1.165) is 42.8 Å². The molecule has 1 unspecified atom stereocenters. The summed E-state index contributed by atoms with van der Waals surface area (Å²) in [6.07, 6.45) is -3.08. The molecule has 324 valence electrons.